The van der Waals surface area contributed by atoms with E-state index in [1.54, 1.807) is 7.05 Å². The highest BCUT2D eigenvalue weighted by Gasteiger charge is 2.30. The van der Waals surface area contributed by atoms with E-state index in [0.29, 0.717) is 18.3 Å². The van der Waals surface area contributed by atoms with Gasteiger partial charge in [-0.05, 0) is 26.0 Å². The van der Waals surface area contributed by atoms with Gasteiger partial charge in [0.05, 0.1) is 17.0 Å². The number of rotatable bonds is 5. The van der Waals surface area contributed by atoms with E-state index >= 15 is 0 Å². The van der Waals surface area contributed by atoms with Crippen molar-refractivity contribution in [3.8, 4) is 11.3 Å². The zero-order valence-electron chi connectivity index (χ0n) is 11.7. The molecule has 1 aliphatic carbocycles. The van der Waals surface area contributed by atoms with Crippen molar-refractivity contribution < 1.29 is 13.7 Å². The molecule has 0 aliphatic heterocycles. The fraction of sp³-hybridized carbons (Fsp3) is 0.385. The van der Waals surface area contributed by atoms with Crippen molar-refractivity contribution in [2.75, 3.05) is 7.05 Å². The Kier molecular flexibility index (Phi) is 3.57. The number of nitro benzene ring substituents is 1. The molecule has 1 aromatic heterocycles. The van der Waals surface area contributed by atoms with Gasteiger partial charge in [0.2, 0.25) is 5.82 Å². The Balaban J connectivity index is 2.15. The van der Waals surface area contributed by atoms with Gasteiger partial charge in [-0.2, -0.15) is 19.4 Å². The van der Waals surface area contributed by atoms with E-state index in [4.69, 9.17) is 0 Å². The topological polar surface area (TPSA) is 85.9 Å². The van der Waals surface area contributed by atoms with Crippen molar-refractivity contribution in [2.24, 2.45) is 0 Å². The smallest absolute Gasteiger partial charge is 0.308 e. The van der Waals surface area contributed by atoms with Crippen molar-refractivity contribution in [1.82, 2.24) is 20.3 Å². The molecule has 0 unspecified atom stereocenters. The normalized spacial score (nSPS) is 14.3. The van der Waals surface area contributed by atoms with Gasteiger partial charge in [0, 0.05) is 12.1 Å². The van der Waals surface area contributed by atoms with E-state index < -0.39 is 22.2 Å². The molecule has 1 saturated carbocycles. The van der Waals surface area contributed by atoms with Gasteiger partial charge in [-0.15, -0.1) is 0 Å². The predicted octanol–water partition coefficient (Wildman–Crippen LogP) is 2.19. The fourth-order valence-electron chi connectivity index (χ4n) is 2.20. The summed E-state index contributed by atoms with van der Waals surface area (Å²) in [5.41, 5.74) is -0.607. The lowest BCUT2D eigenvalue weighted by Crippen LogP contribution is -2.08. The number of aromatic nitrogens is 3. The Bertz CT molecular complexity index is 742. The van der Waals surface area contributed by atoms with Gasteiger partial charge >= 0.3 is 5.69 Å². The molecule has 0 bridgehead atoms. The minimum absolute atomic E-state index is 0.126. The Hall–Kier alpha value is -2.42. The third-order valence-corrected chi connectivity index (χ3v) is 3.39. The van der Waals surface area contributed by atoms with Crippen LogP contribution in [0.3, 0.4) is 0 Å². The first kappa shape index (κ1) is 14.5. The maximum absolute atomic E-state index is 14.3. The molecule has 0 amide bonds. The molecule has 1 N–H and O–H groups in total. The average Bonchev–Trinajstić information content (AvgIpc) is 3.23. The van der Waals surface area contributed by atoms with Gasteiger partial charge in [-0.25, -0.2) is 4.39 Å². The minimum atomic E-state index is -1.10. The molecular weight excluding hydrogens is 296 g/mol. The van der Waals surface area contributed by atoms with Gasteiger partial charge in [0.25, 0.3) is 0 Å². The summed E-state index contributed by atoms with van der Waals surface area (Å²) in [6.45, 7) is 0.297. The van der Waals surface area contributed by atoms with E-state index in [1.807, 2.05) is 0 Å². The quantitative estimate of drug-likeness (QED) is 0.676. The molecule has 1 aromatic carbocycles. The number of nitrogens with zero attached hydrogens (tertiary/aromatic N) is 4. The first-order valence-corrected chi connectivity index (χ1v) is 6.75. The SMILES string of the molecule is CNCc1nn(C2CC2)nc1-c1cc(F)cc([N+](=O)[O-])c1F. The predicted molar refractivity (Wildman–Crippen MR) is 73.1 cm³/mol. The van der Waals surface area contributed by atoms with Crippen molar-refractivity contribution in [3.05, 3.63) is 39.6 Å². The molecule has 0 saturated heterocycles. The molecule has 0 atom stereocenters. The van der Waals surface area contributed by atoms with Crippen LogP contribution in [0, 0.1) is 21.7 Å². The van der Waals surface area contributed by atoms with Crippen molar-refractivity contribution >= 4 is 5.69 Å². The molecule has 0 radical (unpaired) electrons. The third-order valence-electron chi connectivity index (χ3n) is 3.39. The van der Waals surface area contributed by atoms with Crippen molar-refractivity contribution in [2.45, 2.75) is 25.4 Å². The average molecular weight is 309 g/mol. The fourth-order valence-corrected chi connectivity index (χ4v) is 2.20. The largest absolute Gasteiger partial charge is 0.314 e. The first-order valence-electron chi connectivity index (χ1n) is 6.75. The molecule has 116 valence electrons. The van der Waals surface area contributed by atoms with Gasteiger partial charge < -0.3 is 5.32 Å². The van der Waals surface area contributed by atoms with Crippen LogP contribution >= 0.6 is 0 Å². The van der Waals surface area contributed by atoms with Crippen LogP contribution in [0.25, 0.3) is 11.3 Å². The van der Waals surface area contributed by atoms with E-state index in [-0.39, 0.29) is 17.3 Å². The Labute approximate surface area is 124 Å². The molecule has 9 heteroatoms. The number of benzene rings is 1. The summed E-state index contributed by atoms with van der Waals surface area (Å²) in [5, 5.41) is 22.2. The molecular formula is C13H13F2N5O2. The highest BCUT2D eigenvalue weighted by molar-refractivity contribution is 5.65. The second kappa shape index (κ2) is 5.41. The molecule has 22 heavy (non-hydrogen) atoms. The summed E-state index contributed by atoms with van der Waals surface area (Å²) in [6.07, 6.45) is 1.86. The van der Waals surface area contributed by atoms with Crippen molar-refractivity contribution in [3.63, 3.8) is 0 Å². The molecule has 1 fully saturated rings. The summed E-state index contributed by atoms with van der Waals surface area (Å²) < 4.78 is 27.9. The minimum Gasteiger partial charge on any atom is -0.314 e. The second-order valence-corrected chi connectivity index (χ2v) is 5.12. The summed E-state index contributed by atoms with van der Waals surface area (Å²) in [4.78, 5) is 11.4. The van der Waals surface area contributed by atoms with E-state index in [2.05, 4.69) is 15.5 Å². The van der Waals surface area contributed by atoms with Crippen LogP contribution in [0.5, 0.6) is 0 Å². The van der Waals surface area contributed by atoms with Crippen LogP contribution in [-0.4, -0.2) is 27.0 Å². The Morgan fingerprint density at radius 2 is 2.14 bits per heavy atom. The first-order chi connectivity index (χ1) is 10.5. The van der Waals surface area contributed by atoms with Gasteiger partial charge in [0.15, 0.2) is 0 Å². The number of nitrogens with one attached hydrogen (secondary N) is 1. The van der Waals surface area contributed by atoms with Crippen LogP contribution in [0.4, 0.5) is 14.5 Å². The summed E-state index contributed by atoms with van der Waals surface area (Å²) in [5.74, 6) is -1.99. The summed E-state index contributed by atoms with van der Waals surface area (Å²) in [7, 11) is 1.68. The highest BCUT2D eigenvalue weighted by Crippen LogP contribution is 2.36. The number of halogens is 2. The summed E-state index contributed by atoms with van der Waals surface area (Å²) >= 11 is 0. The molecule has 3 rings (SSSR count). The molecule has 1 heterocycles. The third kappa shape index (κ3) is 2.54. The molecule has 7 nitrogen and oxygen atoms in total. The second-order valence-electron chi connectivity index (χ2n) is 5.12. The lowest BCUT2D eigenvalue weighted by atomic mass is 10.1. The monoisotopic (exact) mass is 309 g/mol. The molecule has 0 spiro atoms. The van der Waals surface area contributed by atoms with Crippen LogP contribution in [0.15, 0.2) is 12.1 Å². The van der Waals surface area contributed by atoms with Gasteiger partial charge in [-0.1, -0.05) is 0 Å². The van der Waals surface area contributed by atoms with Crippen LogP contribution in [-0.2, 0) is 6.54 Å². The Morgan fingerprint density at radius 3 is 2.73 bits per heavy atom. The number of nitro groups is 1. The number of hydrogen-bond acceptors (Lipinski definition) is 5. The molecule has 2 aromatic rings. The maximum Gasteiger partial charge on any atom is 0.308 e. The number of hydrogen-bond donors (Lipinski definition) is 1. The standard InChI is InChI=1S/C13H13F2N5O2/c1-16-6-10-13(18-19(17-10)8-2-3-8)9-4-7(14)5-11(12(9)15)20(21)22/h4-5,8,16H,2-3,6H2,1H3. The maximum atomic E-state index is 14.3. The van der Waals surface area contributed by atoms with Crippen LogP contribution in [0.1, 0.15) is 24.6 Å². The summed E-state index contributed by atoms with van der Waals surface area (Å²) in [6, 6.07) is 1.63. The van der Waals surface area contributed by atoms with E-state index in [1.165, 1.54) is 4.80 Å². The molecule has 1 aliphatic rings. The van der Waals surface area contributed by atoms with E-state index in [9.17, 15) is 18.9 Å². The van der Waals surface area contributed by atoms with Crippen LogP contribution < -0.4 is 5.32 Å². The van der Waals surface area contributed by atoms with E-state index in [0.717, 1.165) is 18.9 Å². The highest BCUT2D eigenvalue weighted by atomic mass is 19.1. The van der Waals surface area contributed by atoms with Crippen LogP contribution in [0.2, 0.25) is 0 Å². The van der Waals surface area contributed by atoms with Gasteiger partial charge in [-0.3, -0.25) is 10.1 Å². The zero-order valence-corrected chi connectivity index (χ0v) is 11.7. The van der Waals surface area contributed by atoms with Crippen molar-refractivity contribution in [1.29, 1.82) is 0 Å². The lowest BCUT2D eigenvalue weighted by molar-refractivity contribution is -0.387. The zero-order chi connectivity index (χ0) is 15.9. The van der Waals surface area contributed by atoms with Gasteiger partial charge in [0.1, 0.15) is 17.2 Å². The Morgan fingerprint density at radius 1 is 1.41 bits per heavy atom. The lowest BCUT2D eigenvalue weighted by Gasteiger charge is -2.03.